The number of aromatic nitrogens is 2. The molecule has 0 aliphatic rings. The van der Waals surface area contributed by atoms with E-state index >= 15 is 0 Å². The van der Waals surface area contributed by atoms with Crippen molar-refractivity contribution < 1.29 is 19.1 Å². The average Bonchev–Trinajstić information content (AvgIpc) is 2.79. The number of primary amides is 1. The van der Waals surface area contributed by atoms with Gasteiger partial charge in [-0.3, -0.25) is 14.4 Å². The molecule has 0 radical (unpaired) electrons. The van der Waals surface area contributed by atoms with E-state index < -0.39 is 24.0 Å². The Hall–Kier alpha value is -3.49. The number of hydrogen-bond acceptors (Lipinski definition) is 6. The molecule has 164 valence electrons. The summed E-state index contributed by atoms with van der Waals surface area (Å²) >= 11 is 12.1. The number of Topliss-reactive ketones (excluding diaryl/α,β-unsaturated/α-hetero) is 1. The van der Waals surface area contributed by atoms with Gasteiger partial charge in [0.15, 0.2) is 5.82 Å². The summed E-state index contributed by atoms with van der Waals surface area (Å²) < 4.78 is 5.00. The summed E-state index contributed by atoms with van der Waals surface area (Å²) in [6, 6.07) is 12.6. The van der Waals surface area contributed by atoms with Gasteiger partial charge >= 0.3 is 0 Å². The molecule has 2 aromatic carbocycles. The van der Waals surface area contributed by atoms with Crippen molar-refractivity contribution in [3.05, 3.63) is 81.7 Å². The van der Waals surface area contributed by atoms with Gasteiger partial charge in [0.1, 0.15) is 0 Å². The smallest absolute Gasteiger partial charge is 0.248 e. The minimum absolute atomic E-state index is 0.109. The van der Waals surface area contributed by atoms with Crippen LogP contribution in [0, 0.1) is 0 Å². The lowest BCUT2D eigenvalue weighted by atomic mass is 10.1. The van der Waals surface area contributed by atoms with Crippen molar-refractivity contribution >= 4 is 46.5 Å². The van der Waals surface area contributed by atoms with Crippen LogP contribution in [0.15, 0.2) is 54.7 Å². The molecule has 2 N–H and O–H groups in total. The number of rotatable bonds is 8. The number of anilines is 1. The normalized spacial score (nSPS) is 10.5. The van der Waals surface area contributed by atoms with Gasteiger partial charge in [-0.25, -0.2) is 4.98 Å². The first-order valence-electron chi connectivity index (χ1n) is 9.33. The molecule has 0 fully saturated rings. The molecule has 2 amide bonds. The minimum Gasteiger partial charge on any atom is -0.481 e. The van der Waals surface area contributed by atoms with Crippen molar-refractivity contribution in [3.8, 4) is 5.88 Å². The van der Waals surface area contributed by atoms with E-state index in [-0.39, 0.29) is 23.8 Å². The van der Waals surface area contributed by atoms with Crippen LogP contribution < -0.4 is 15.4 Å². The van der Waals surface area contributed by atoms with Gasteiger partial charge in [0.2, 0.25) is 23.5 Å². The van der Waals surface area contributed by atoms with Crippen molar-refractivity contribution in [3.63, 3.8) is 0 Å². The highest BCUT2D eigenvalue weighted by molar-refractivity contribution is 6.42. The third-order valence-corrected chi connectivity index (χ3v) is 5.23. The van der Waals surface area contributed by atoms with E-state index in [0.717, 1.165) is 0 Å². The summed E-state index contributed by atoms with van der Waals surface area (Å²) in [6.45, 7) is 0.109. The summed E-state index contributed by atoms with van der Waals surface area (Å²) in [7, 11) is 1.41. The van der Waals surface area contributed by atoms with E-state index in [1.807, 2.05) is 0 Å². The summed E-state index contributed by atoms with van der Waals surface area (Å²) in [6.07, 6.45) is 0.894. The standard InChI is InChI=1S/C22H18Cl2N4O4/c1-32-19-8-9-26-22(27-19)18(29)11-20(30)28(12-13-2-7-16(23)17(24)10-13)15-5-3-14(4-6-15)21(25)31/h2-10H,11-12H2,1H3,(H2,25,31). The van der Waals surface area contributed by atoms with Crippen LogP contribution >= 0.6 is 23.2 Å². The van der Waals surface area contributed by atoms with Crippen LogP contribution in [0.5, 0.6) is 5.88 Å². The molecular formula is C22H18Cl2N4O4. The van der Waals surface area contributed by atoms with Crippen LogP contribution in [0.1, 0.15) is 33.0 Å². The molecule has 0 aliphatic carbocycles. The fourth-order valence-corrected chi connectivity index (χ4v) is 3.17. The Labute approximate surface area is 193 Å². The molecule has 0 unspecified atom stereocenters. The zero-order valence-electron chi connectivity index (χ0n) is 16.9. The fraction of sp³-hybridized carbons (Fsp3) is 0.136. The number of methoxy groups -OCH3 is 1. The third-order valence-electron chi connectivity index (χ3n) is 4.49. The fourth-order valence-electron chi connectivity index (χ4n) is 2.85. The highest BCUT2D eigenvalue weighted by Crippen LogP contribution is 2.25. The van der Waals surface area contributed by atoms with Crippen LogP contribution in [0.2, 0.25) is 10.0 Å². The van der Waals surface area contributed by atoms with Crippen molar-refractivity contribution in [2.75, 3.05) is 12.0 Å². The second-order valence-electron chi connectivity index (χ2n) is 6.66. The first-order chi connectivity index (χ1) is 15.3. The van der Waals surface area contributed by atoms with Gasteiger partial charge in [-0.05, 0) is 42.0 Å². The number of benzene rings is 2. The van der Waals surface area contributed by atoms with Gasteiger partial charge in [-0.2, -0.15) is 4.98 Å². The average molecular weight is 473 g/mol. The summed E-state index contributed by atoms with van der Waals surface area (Å²) in [5.41, 5.74) is 6.74. The highest BCUT2D eigenvalue weighted by atomic mass is 35.5. The Morgan fingerprint density at radius 2 is 1.75 bits per heavy atom. The molecule has 1 aromatic heterocycles. The zero-order valence-corrected chi connectivity index (χ0v) is 18.4. The van der Waals surface area contributed by atoms with Gasteiger partial charge in [0.05, 0.1) is 30.1 Å². The van der Waals surface area contributed by atoms with Gasteiger partial charge in [-0.1, -0.05) is 29.3 Å². The number of carbonyl (C=O) groups is 3. The SMILES string of the molecule is COc1ccnc(C(=O)CC(=O)N(Cc2ccc(Cl)c(Cl)c2)c2ccc(C(N)=O)cc2)n1. The second-order valence-corrected chi connectivity index (χ2v) is 7.48. The Bertz CT molecular complexity index is 1170. The van der Waals surface area contributed by atoms with E-state index in [0.29, 0.717) is 21.3 Å². The largest absolute Gasteiger partial charge is 0.481 e. The lowest BCUT2D eigenvalue weighted by Crippen LogP contribution is -2.32. The topological polar surface area (TPSA) is 115 Å². The number of hydrogen-bond donors (Lipinski definition) is 1. The maximum atomic E-state index is 13.1. The second kappa shape index (κ2) is 10.2. The molecule has 0 saturated heterocycles. The first kappa shape index (κ1) is 23.2. The van der Waals surface area contributed by atoms with Crippen molar-refractivity contribution in [1.29, 1.82) is 0 Å². The molecule has 0 aliphatic heterocycles. The molecule has 32 heavy (non-hydrogen) atoms. The number of amides is 2. The predicted octanol–water partition coefficient (Wildman–Crippen LogP) is 3.70. The summed E-state index contributed by atoms with van der Waals surface area (Å²) in [5, 5.41) is 0.714. The molecule has 0 bridgehead atoms. The van der Waals surface area contributed by atoms with Crippen molar-refractivity contribution in [2.24, 2.45) is 5.73 Å². The molecule has 0 saturated carbocycles. The lowest BCUT2D eigenvalue weighted by molar-refractivity contribution is -0.117. The maximum Gasteiger partial charge on any atom is 0.248 e. The number of carbonyl (C=O) groups excluding carboxylic acids is 3. The van der Waals surface area contributed by atoms with Crippen molar-refractivity contribution in [2.45, 2.75) is 13.0 Å². The van der Waals surface area contributed by atoms with E-state index in [1.54, 1.807) is 30.3 Å². The van der Waals surface area contributed by atoms with Crippen LogP contribution in [-0.2, 0) is 11.3 Å². The number of nitrogens with two attached hydrogens (primary N) is 1. The summed E-state index contributed by atoms with van der Waals surface area (Å²) in [5.74, 6) is -1.58. The van der Waals surface area contributed by atoms with Crippen LogP contribution in [0.3, 0.4) is 0 Å². The Morgan fingerprint density at radius 3 is 2.38 bits per heavy atom. The monoisotopic (exact) mass is 472 g/mol. The molecule has 8 nitrogen and oxygen atoms in total. The molecule has 3 aromatic rings. The Balaban J connectivity index is 1.89. The van der Waals surface area contributed by atoms with Crippen LogP contribution in [0.25, 0.3) is 0 Å². The zero-order chi connectivity index (χ0) is 23.3. The van der Waals surface area contributed by atoms with E-state index in [1.165, 1.54) is 36.4 Å². The van der Waals surface area contributed by atoms with Gasteiger partial charge < -0.3 is 15.4 Å². The third kappa shape index (κ3) is 5.60. The number of nitrogens with zero attached hydrogens (tertiary/aromatic N) is 3. The number of halogens is 2. The van der Waals surface area contributed by atoms with Crippen LogP contribution in [0.4, 0.5) is 5.69 Å². The molecule has 0 atom stereocenters. The molecule has 3 rings (SSSR count). The molecular weight excluding hydrogens is 455 g/mol. The van der Waals surface area contributed by atoms with Gasteiger partial charge in [0, 0.05) is 23.5 Å². The van der Waals surface area contributed by atoms with Gasteiger partial charge in [0.25, 0.3) is 0 Å². The quantitative estimate of drug-likeness (QED) is 0.394. The van der Waals surface area contributed by atoms with Crippen LogP contribution in [-0.4, -0.2) is 34.7 Å². The van der Waals surface area contributed by atoms with E-state index in [2.05, 4.69) is 9.97 Å². The van der Waals surface area contributed by atoms with Gasteiger partial charge in [-0.15, -0.1) is 0 Å². The predicted molar refractivity (Wildman–Crippen MR) is 120 cm³/mol. The van der Waals surface area contributed by atoms with E-state index in [9.17, 15) is 14.4 Å². The Morgan fingerprint density at radius 1 is 1.03 bits per heavy atom. The van der Waals surface area contributed by atoms with E-state index in [4.69, 9.17) is 33.7 Å². The highest BCUT2D eigenvalue weighted by Gasteiger charge is 2.22. The Kier molecular flexibility index (Phi) is 7.40. The van der Waals surface area contributed by atoms with Crippen molar-refractivity contribution in [1.82, 2.24) is 9.97 Å². The number of ether oxygens (including phenoxy) is 1. The maximum absolute atomic E-state index is 13.1. The molecule has 10 heteroatoms. The first-order valence-corrected chi connectivity index (χ1v) is 10.1. The molecule has 1 heterocycles. The number of ketones is 1. The summed E-state index contributed by atoms with van der Waals surface area (Å²) in [4.78, 5) is 46.4. The molecule has 0 spiro atoms. The minimum atomic E-state index is -0.593. The lowest BCUT2D eigenvalue weighted by Gasteiger charge is -2.23.